The van der Waals surface area contributed by atoms with E-state index in [1.165, 1.54) is 19.3 Å². The first-order chi connectivity index (χ1) is 16.7. The summed E-state index contributed by atoms with van der Waals surface area (Å²) in [6.07, 6.45) is 19.1. The van der Waals surface area contributed by atoms with Crippen molar-refractivity contribution in [3.8, 4) is 0 Å². The molecule has 0 aliphatic heterocycles. The summed E-state index contributed by atoms with van der Waals surface area (Å²) in [5.41, 5.74) is 0. The van der Waals surface area contributed by atoms with E-state index in [2.05, 4.69) is 45.6 Å². The average molecular weight is 522 g/mol. The zero-order valence-electron chi connectivity index (χ0n) is 20.8. The number of carboxylic acid groups (broad SMARTS) is 1. The van der Waals surface area contributed by atoms with Crippen molar-refractivity contribution < 1.29 is 43.4 Å². The molecule has 0 radical (unpaired) electrons. The van der Waals surface area contributed by atoms with Crippen LogP contribution < -0.4 is 5.32 Å². The predicted molar refractivity (Wildman–Crippen MR) is 134 cm³/mol. The van der Waals surface area contributed by atoms with Crippen molar-refractivity contribution in [3.05, 3.63) is 24.3 Å². The van der Waals surface area contributed by atoms with Crippen molar-refractivity contribution in [1.82, 2.24) is 5.32 Å². The molecule has 35 heavy (non-hydrogen) atoms. The fourth-order valence-corrected chi connectivity index (χ4v) is 3.75. The van der Waals surface area contributed by atoms with Crippen molar-refractivity contribution in [2.24, 2.45) is 0 Å². The largest absolute Gasteiger partial charge is 0.480 e. The smallest absolute Gasteiger partial charge is 0.472 e. The molecular weight excluding hydrogens is 477 g/mol. The van der Waals surface area contributed by atoms with Crippen LogP contribution >= 0.6 is 7.82 Å². The maximum atomic E-state index is 12.0. The van der Waals surface area contributed by atoms with Gasteiger partial charge in [0.25, 0.3) is 0 Å². The number of aliphatic carboxylic acids is 1. The molecule has 0 aromatic heterocycles. The van der Waals surface area contributed by atoms with E-state index in [1.54, 1.807) is 0 Å². The van der Waals surface area contributed by atoms with E-state index in [4.69, 9.17) is 10.2 Å². The van der Waals surface area contributed by atoms with Crippen molar-refractivity contribution in [1.29, 1.82) is 0 Å². The lowest BCUT2D eigenvalue weighted by Gasteiger charge is -2.18. The third-order valence-electron chi connectivity index (χ3n) is 5.03. The van der Waals surface area contributed by atoms with Crippen LogP contribution in [0.15, 0.2) is 24.3 Å². The van der Waals surface area contributed by atoms with Gasteiger partial charge < -0.3 is 25.5 Å². The van der Waals surface area contributed by atoms with Crippen LogP contribution in [-0.4, -0.2) is 64.1 Å². The zero-order valence-corrected chi connectivity index (χ0v) is 21.7. The van der Waals surface area contributed by atoms with E-state index >= 15 is 0 Å². The van der Waals surface area contributed by atoms with Crippen molar-refractivity contribution in [2.75, 3.05) is 19.8 Å². The van der Waals surface area contributed by atoms with E-state index in [1.807, 2.05) is 0 Å². The highest BCUT2D eigenvalue weighted by Gasteiger charge is 2.28. The standard InChI is InChI=1S/C24H44NO9P/c1-2-3-4-5-6-7-8-9-10-11-12-13-14-15-16-17-23(28)25-22(24(29)30)20-34-35(31,32)33-19-21(27)18-26/h6-7,9-10,21-22,26-27H,2-5,8,11-20H2,1H3,(H,25,28)(H,29,30)(H,31,32)/b7-6-,10-9-/t21-,22+/m1/s1. The fourth-order valence-electron chi connectivity index (χ4n) is 2.98. The number of phosphoric ester groups is 1. The second kappa shape index (κ2) is 21.7. The monoisotopic (exact) mass is 521 g/mol. The SMILES string of the molecule is CCCCC/C=C\C/C=C\CCCCCCCC(=O)N[C@@H](COP(=O)(O)OC[C@H](O)CO)C(=O)O. The number of hydrogen-bond acceptors (Lipinski definition) is 7. The quantitative estimate of drug-likeness (QED) is 0.0763. The maximum Gasteiger partial charge on any atom is 0.472 e. The molecule has 0 saturated heterocycles. The van der Waals surface area contributed by atoms with Crippen molar-refractivity contribution in [3.63, 3.8) is 0 Å². The molecule has 0 saturated carbocycles. The van der Waals surface area contributed by atoms with Crippen LogP contribution in [0.25, 0.3) is 0 Å². The van der Waals surface area contributed by atoms with E-state index < -0.39 is 51.7 Å². The second-order valence-electron chi connectivity index (χ2n) is 8.34. The molecule has 0 spiro atoms. The van der Waals surface area contributed by atoms with Crippen molar-refractivity contribution >= 4 is 19.7 Å². The number of phosphoric acid groups is 1. The predicted octanol–water partition coefficient (Wildman–Crippen LogP) is 3.86. The van der Waals surface area contributed by atoms with Crippen LogP contribution in [0.5, 0.6) is 0 Å². The van der Waals surface area contributed by atoms with Gasteiger partial charge >= 0.3 is 13.8 Å². The van der Waals surface area contributed by atoms with Crippen LogP contribution in [0.2, 0.25) is 0 Å². The molecule has 0 aromatic carbocycles. The maximum absolute atomic E-state index is 12.0. The summed E-state index contributed by atoms with van der Waals surface area (Å²) < 4.78 is 20.7. The topological polar surface area (TPSA) is 163 Å². The van der Waals surface area contributed by atoms with Crippen LogP contribution in [0, 0.1) is 0 Å². The fraction of sp³-hybridized carbons (Fsp3) is 0.750. The van der Waals surface area contributed by atoms with Gasteiger partial charge in [-0.05, 0) is 38.5 Å². The number of unbranched alkanes of at least 4 members (excludes halogenated alkanes) is 8. The van der Waals surface area contributed by atoms with Crippen LogP contribution in [0.3, 0.4) is 0 Å². The number of aliphatic hydroxyl groups excluding tert-OH is 2. The molecule has 204 valence electrons. The second-order valence-corrected chi connectivity index (χ2v) is 9.79. The Morgan fingerprint density at radius 1 is 0.914 bits per heavy atom. The number of amides is 1. The highest BCUT2D eigenvalue weighted by molar-refractivity contribution is 7.47. The lowest BCUT2D eigenvalue weighted by molar-refractivity contribution is -0.142. The highest BCUT2D eigenvalue weighted by atomic mass is 31.2. The zero-order chi connectivity index (χ0) is 26.4. The molecule has 1 amide bonds. The molecule has 11 heteroatoms. The molecule has 0 rings (SSSR count). The summed E-state index contributed by atoms with van der Waals surface area (Å²) in [4.78, 5) is 32.8. The van der Waals surface area contributed by atoms with Crippen LogP contribution in [0.1, 0.15) is 84.0 Å². The first-order valence-electron chi connectivity index (χ1n) is 12.4. The van der Waals surface area contributed by atoms with Gasteiger partial charge in [-0.3, -0.25) is 13.8 Å². The number of carboxylic acids is 1. The van der Waals surface area contributed by atoms with Gasteiger partial charge in [-0.2, -0.15) is 0 Å². The molecule has 10 nitrogen and oxygen atoms in total. The molecule has 0 bridgehead atoms. The van der Waals surface area contributed by atoms with E-state index in [-0.39, 0.29) is 6.42 Å². The Kier molecular flexibility index (Phi) is 20.7. The minimum atomic E-state index is -4.64. The lowest BCUT2D eigenvalue weighted by atomic mass is 10.1. The lowest BCUT2D eigenvalue weighted by Crippen LogP contribution is -2.43. The molecule has 0 fully saturated rings. The number of carbonyl (C=O) groups excluding carboxylic acids is 1. The van der Waals surface area contributed by atoms with Gasteiger partial charge in [0, 0.05) is 6.42 Å². The van der Waals surface area contributed by atoms with Gasteiger partial charge in [0.05, 0.1) is 19.8 Å². The van der Waals surface area contributed by atoms with Gasteiger partial charge in [0.1, 0.15) is 6.10 Å². The molecule has 0 aliphatic rings. The van der Waals surface area contributed by atoms with Gasteiger partial charge in [-0.15, -0.1) is 0 Å². The van der Waals surface area contributed by atoms with Gasteiger partial charge in [-0.25, -0.2) is 9.36 Å². The number of nitrogens with one attached hydrogen (secondary N) is 1. The number of carbonyl (C=O) groups is 2. The van der Waals surface area contributed by atoms with Gasteiger partial charge in [0.2, 0.25) is 5.91 Å². The summed E-state index contributed by atoms with van der Waals surface area (Å²) in [5.74, 6) is -1.91. The third kappa shape index (κ3) is 21.5. The number of aliphatic hydroxyl groups is 2. The van der Waals surface area contributed by atoms with E-state index in [0.29, 0.717) is 6.42 Å². The van der Waals surface area contributed by atoms with Crippen molar-refractivity contribution in [2.45, 2.75) is 96.1 Å². The minimum absolute atomic E-state index is 0.143. The minimum Gasteiger partial charge on any atom is -0.480 e. The number of rotatable bonds is 23. The molecule has 1 unspecified atom stereocenters. The van der Waals surface area contributed by atoms with Crippen LogP contribution in [-0.2, 0) is 23.2 Å². The average Bonchev–Trinajstić information content (AvgIpc) is 2.82. The Balaban J connectivity index is 3.91. The van der Waals surface area contributed by atoms with Crippen LogP contribution in [0.4, 0.5) is 0 Å². The molecular formula is C24H44NO9P. The molecule has 0 aliphatic carbocycles. The third-order valence-corrected chi connectivity index (χ3v) is 5.98. The Hall–Kier alpha value is -1.55. The molecule has 5 N–H and O–H groups in total. The Bertz CT molecular complexity index is 669. The summed E-state index contributed by atoms with van der Waals surface area (Å²) in [6, 6.07) is -1.52. The Morgan fingerprint density at radius 2 is 1.49 bits per heavy atom. The molecule has 3 atom stereocenters. The normalized spacial score (nSPS) is 15.3. The van der Waals surface area contributed by atoms with Gasteiger partial charge in [0.15, 0.2) is 6.04 Å². The first-order valence-corrected chi connectivity index (χ1v) is 13.9. The summed E-state index contributed by atoms with van der Waals surface area (Å²) in [7, 11) is -4.64. The Labute approximate surface area is 209 Å². The first kappa shape index (κ1) is 33.4. The summed E-state index contributed by atoms with van der Waals surface area (Å²) in [6.45, 7) is 0.0727. The van der Waals surface area contributed by atoms with Gasteiger partial charge in [-0.1, -0.05) is 63.3 Å². The summed E-state index contributed by atoms with van der Waals surface area (Å²) >= 11 is 0. The molecule has 0 aromatic rings. The molecule has 0 heterocycles. The Morgan fingerprint density at radius 3 is 2.09 bits per heavy atom. The highest BCUT2D eigenvalue weighted by Crippen LogP contribution is 2.43. The van der Waals surface area contributed by atoms with E-state index in [0.717, 1.165) is 44.9 Å². The number of hydrogen-bond donors (Lipinski definition) is 5. The van der Waals surface area contributed by atoms with E-state index in [9.17, 15) is 24.2 Å². The number of allylic oxidation sites excluding steroid dienone is 4. The summed E-state index contributed by atoms with van der Waals surface area (Å²) in [5, 5.41) is 29.2.